The summed E-state index contributed by atoms with van der Waals surface area (Å²) in [6, 6.07) is 18.7. The molecule has 3 aromatic rings. The van der Waals surface area contributed by atoms with Crippen LogP contribution in [-0.2, 0) is 0 Å². The van der Waals surface area contributed by atoms with Gasteiger partial charge in [-0.05, 0) is 42.5 Å². The number of rotatable bonds is 4. The lowest BCUT2D eigenvalue weighted by atomic mass is 10.3. The number of benzene rings is 1. The minimum absolute atomic E-state index is 0.336. The van der Waals surface area contributed by atoms with Crippen molar-refractivity contribution in [3.05, 3.63) is 72.7 Å². The smallest absolute Gasteiger partial charge is 0.220 e. The minimum Gasteiger partial charge on any atom is -0.439 e. The topological polar surface area (TPSA) is 58.8 Å². The largest absolute Gasteiger partial charge is 0.439 e. The molecule has 106 valence electrons. The molecule has 0 aliphatic carbocycles. The summed E-state index contributed by atoms with van der Waals surface area (Å²) in [6.45, 7) is 0. The lowest BCUT2D eigenvalue weighted by Crippen LogP contribution is -1.89. The normalized spacial score (nSPS) is 9.95. The average Bonchev–Trinajstić information content (AvgIpc) is 2.58. The van der Waals surface area contributed by atoms with Crippen LogP contribution in [0.1, 0.15) is 5.69 Å². The van der Waals surface area contributed by atoms with E-state index in [2.05, 4.69) is 9.97 Å². The highest BCUT2D eigenvalue weighted by Gasteiger charge is 2.02. The van der Waals surface area contributed by atoms with Crippen molar-refractivity contribution in [3.63, 3.8) is 0 Å². The first kappa shape index (κ1) is 14.1. The van der Waals surface area contributed by atoms with Gasteiger partial charge in [0.15, 0.2) is 0 Å². The highest BCUT2D eigenvalue weighted by atomic mass is 32.2. The predicted molar refractivity (Wildman–Crippen MR) is 83.8 cm³/mol. The second-order valence-corrected chi connectivity index (χ2v) is 5.48. The third-order valence-corrected chi connectivity index (χ3v) is 3.79. The van der Waals surface area contributed by atoms with Crippen molar-refractivity contribution in [2.45, 2.75) is 9.79 Å². The van der Waals surface area contributed by atoms with Crippen LogP contribution in [0.3, 0.4) is 0 Å². The van der Waals surface area contributed by atoms with Gasteiger partial charge in [0, 0.05) is 28.3 Å². The first-order chi connectivity index (χ1) is 10.8. The standard InChI is InChI=1S/C17H11N3OS/c18-12-13-2-1-3-17(20-13)21-14-4-6-15(7-5-14)22-16-8-10-19-11-9-16/h1-11H. The molecule has 0 atom stereocenters. The van der Waals surface area contributed by atoms with Crippen LogP contribution in [0, 0.1) is 11.3 Å². The molecule has 0 unspecified atom stereocenters. The first-order valence-corrected chi connectivity index (χ1v) is 7.38. The third-order valence-electron chi connectivity index (χ3n) is 2.77. The molecule has 0 bridgehead atoms. The summed E-state index contributed by atoms with van der Waals surface area (Å²) in [5.74, 6) is 1.09. The van der Waals surface area contributed by atoms with Crippen LogP contribution < -0.4 is 4.74 Å². The number of nitriles is 1. The summed E-state index contributed by atoms with van der Waals surface area (Å²) < 4.78 is 5.64. The van der Waals surface area contributed by atoms with Crippen LogP contribution in [0.15, 0.2) is 76.8 Å². The number of pyridine rings is 2. The minimum atomic E-state index is 0.336. The van der Waals surface area contributed by atoms with Crippen LogP contribution in [-0.4, -0.2) is 9.97 Å². The zero-order valence-corrected chi connectivity index (χ0v) is 12.3. The Morgan fingerprint density at radius 3 is 2.36 bits per heavy atom. The molecule has 3 rings (SSSR count). The van der Waals surface area contributed by atoms with Crippen molar-refractivity contribution in [3.8, 4) is 17.7 Å². The van der Waals surface area contributed by atoms with E-state index in [4.69, 9.17) is 10.00 Å². The molecular formula is C17H11N3OS. The molecule has 22 heavy (non-hydrogen) atoms. The summed E-state index contributed by atoms with van der Waals surface area (Å²) in [6.07, 6.45) is 3.54. The molecule has 4 nitrogen and oxygen atoms in total. The van der Waals surface area contributed by atoms with Gasteiger partial charge in [0.1, 0.15) is 17.5 Å². The molecule has 2 aromatic heterocycles. The molecule has 0 aliphatic heterocycles. The summed E-state index contributed by atoms with van der Waals surface area (Å²) in [7, 11) is 0. The molecule has 0 N–H and O–H groups in total. The molecule has 0 spiro atoms. The van der Waals surface area contributed by atoms with Gasteiger partial charge in [0.25, 0.3) is 0 Å². The highest BCUT2D eigenvalue weighted by molar-refractivity contribution is 7.99. The van der Waals surface area contributed by atoms with Gasteiger partial charge in [-0.25, -0.2) is 4.98 Å². The van der Waals surface area contributed by atoms with E-state index in [9.17, 15) is 0 Å². The molecule has 0 amide bonds. The van der Waals surface area contributed by atoms with E-state index in [1.807, 2.05) is 42.5 Å². The van der Waals surface area contributed by atoms with Gasteiger partial charge >= 0.3 is 0 Å². The second kappa shape index (κ2) is 6.74. The summed E-state index contributed by atoms with van der Waals surface area (Å²) in [5, 5.41) is 8.83. The Balaban J connectivity index is 1.70. The summed E-state index contributed by atoms with van der Waals surface area (Å²) >= 11 is 1.65. The summed E-state index contributed by atoms with van der Waals surface area (Å²) in [4.78, 5) is 10.3. The molecular weight excluding hydrogens is 294 g/mol. The number of aromatic nitrogens is 2. The number of ether oxygens (including phenoxy) is 1. The number of hydrogen-bond donors (Lipinski definition) is 0. The summed E-state index contributed by atoms with van der Waals surface area (Å²) in [5.41, 5.74) is 0.336. The molecule has 0 saturated carbocycles. The Bertz CT molecular complexity index is 798. The quantitative estimate of drug-likeness (QED) is 0.719. The maximum atomic E-state index is 8.83. The van der Waals surface area contributed by atoms with Gasteiger partial charge in [-0.3, -0.25) is 4.98 Å². The van der Waals surface area contributed by atoms with Crippen LogP contribution in [0.5, 0.6) is 11.6 Å². The van der Waals surface area contributed by atoms with Gasteiger partial charge in [-0.1, -0.05) is 17.8 Å². The van der Waals surface area contributed by atoms with Crippen LogP contribution in [0.25, 0.3) is 0 Å². The SMILES string of the molecule is N#Cc1cccc(Oc2ccc(Sc3ccncc3)cc2)n1. The van der Waals surface area contributed by atoms with Crippen LogP contribution >= 0.6 is 11.8 Å². The fourth-order valence-electron chi connectivity index (χ4n) is 1.77. The monoisotopic (exact) mass is 305 g/mol. The van der Waals surface area contributed by atoms with Crippen LogP contribution in [0.4, 0.5) is 0 Å². The van der Waals surface area contributed by atoms with Gasteiger partial charge in [0.2, 0.25) is 5.88 Å². The van der Waals surface area contributed by atoms with E-state index in [1.54, 1.807) is 42.4 Å². The zero-order valence-electron chi connectivity index (χ0n) is 11.5. The van der Waals surface area contributed by atoms with Crippen molar-refractivity contribution < 1.29 is 4.74 Å². The number of nitrogens with zero attached hydrogens (tertiary/aromatic N) is 3. The predicted octanol–water partition coefficient (Wildman–Crippen LogP) is 4.29. The Morgan fingerprint density at radius 1 is 0.909 bits per heavy atom. The zero-order chi connectivity index (χ0) is 15.2. The molecule has 0 fully saturated rings. The first-order valence-electron chi connectivity index (χ1n) is 6.56. The maximum absolute atomic E-state index is 8.83. The third kappa shape index (κ3) is 3.62. The van der Waals surface area contributed by atoms with Gasteiger partial charge < -0.3 is 4.74 Å². The van der Waals surface area contributed by atoms with Crippen molar-refractivity contribution in [1.29, 1.82) is 5.26 Å². The van der Waals surface area contributed by atoms with Gasteiger partial charge in [-0.2, -0.15) is 5.26 Å². The number of hydrogen-bond acceptors (Lipinski definition) is 5. The fourth-order valence-corrected chi connectivity index (χ4v) is 2.57. The average molecular weight is 305 g/mol. The Hall–Kier alpha value is -2.84. The van der Waals surface area contributed by atoms with E-state index >= 15 is 0 Å². The molecule has 0 radical (unpaired) electrons. The second-order valence-electron chi connectivity index (χ2n) is 4.33. The van der Waals surface area contributed by atoms with E-state index in [1.165, 1.54) is 0 Å². The Morgan fingerprint density at radius 2 is 1.64 bits per heavy atom. The lowest BCUT2D eigenvalue weighted by Gasteiger charge is -2.06. The highest BCUT2D eigenvalue weighted by Crippen LogP contribution is 2.29. The Kier molecular flexibility index (Phi) is 4.33. The van der Waals surface area contributed by atoms with Gasteiger partial charge in [0.05, 0.1) is 0 Å². The van der Waals surface area contributed by atoms with Crippen molar-refractivity contribution in [2.24, 2.45) is 0 Å². The van der Waals surface area contributed by atoms with Crippen molar-refractivity contribution in [2.75, 3.05) is 0 Å². The molecule has 0 aliphatic rings. The van der Waals surface area contributed by atoms with Crippen LogP contribution in [0.2, 0.25) is 0 Å². The van der Waals surface area contributed by atoms with Crippen molar-refractivity contribution >= 4 is 11.8 Å². The maximum Gasteiger partial charge on any atom is 0.220 e. The van der Waals surface area contributed by atoms with E-state index < -0.39 is 0 Å². The van der Waals surface area contributed by atoms with E-state index in [-0.39, 0.29) is 0 Å². The molecule has 5 heteroatoms. The van der Waals surface area contributed by atoms with E-state index in [0.717, 1.165) is 9.79 Å². The molecule has 0 saturated heterocycles. The molecule has 2 heterocycles. The molecule has 1 aromatic carbocycles. The van der Waals surface area contributed by atoms with Gasteiger partial charge in [-0.15, -0.1) is 0 Å². The van der Waals surface area contributed by atoms with E-state index in [0.29, 0.717) is 17.3 Å². The van der Waals surface area contributed by atoms with Crippen molar-refractivity contribution in [1.82, 2.24) is 9.97 Å². The lowest BCUT2D eigenvalue weighted by molar-refractivity contribution is 0.462. The Labute approximate surface area is 132 Å². The fraction of sp³-hybridized carbons (Fsp3) is 0.